The lowest BCUT2D eigenvalue weighted by Crippen LogP contribution is -2.17. The van der Waals surface area contributed by atoms with Crippen molar-refractivity contribution in [2.75, 3.05) is 5.73 Å². The standard InChI is InChI=1S/C19H18N4O3/c1-9-6-7-14(24)10(2)16(9)11-8-13(12-4-3-5-15(25)22-12)23-18(17(11)20)19(21)26/h3-8,24H,20H2,1-2H3,(H2,21,26)(H,22,25). The molecule has 0 spiro atoms. The molecule has 0 aliphatic carbocycles. The van der Waals surface area contributed by atoms with Gasteiger partial charge in [0.15, 0.2) is 5.69 Å². The third kappa shape index (κ3) is 2.90. The summed E-state index contributed by atoms with van der Waals surface area (Å²) in [7, 11) is 0. The third-order valence-corrected chi connectivity index (χ3v) is 4.25. The number of anilines is 1. The minimum atomic E-state index is -0.778. The van der Waals surface area contributed by atoms with E-state index in [4.69, 9.17) is 11.5 Å². The van der Waals surface area contributed by atoms with E-state index in [2.05, 4.69) is 9.97 Å². The molecule has 7 heteroatoms. The molecule has 2 heterocycles. The SMILES string of the molecule is Cc1ccc(O)c(C)c1-c1cc(-c2cccc(=O)[nH]2)nc(C(N)=O)c1N. The van der Waals surface area contributed by atoms with Crippen LogP contribution < -0.4 is 17.0 Å². The highest BCUT2D eigenvalue weighted by Crippen LogP contribution is 2.38. The number of amides is 1. The second-order valence-corrected chi connectivity index (χ2v) is 6.01. The number of hydrogen-bond acceptors (Lipinski definition) is 5. The zero-order chi connectivity index (χ0) is 19.0. The molecule has 0 bridgehead atoms. The molecule has 3 rings (SSSR count). The number of aromatic amines is 1. The van der Waals surface area contributed by atoms with Crippen LogP contribution in [0.4, 0.5) is 5.69 Å². The molecular weight excluding hydrogens is 332 g/mol. The Morgan fingerprint density at radius 2 is 1.92 bits per heavy atom. The van der Waals surface area contributed by atoms with Crippen molar-refractivity contribution in [1.82, 2.24) is 9.97 Å². The van der Waals surface area contributed by atoms with Crippen molar-refractivity contribution in [3.05, 3.63) is 63.6 Å². The predicted octanol–water partition coefficient (Wildman–Crippen LogP) is 2.11. The summed E-state index contributed by atoms with van der Waals surface area (Å²) in [4.78, 5) is 30.4. The van der Waals surface area contributed by atoms with Crippen LogP contribution in [0.2, 0.25) is 0 Å². The van der Waals surface area contributed by atoms with E-state index in [1.165, 1.54) is 6.07 Å². The van der Waals surface area contributed by atoms with Gasteiger partial charge in [-0.3, -0.25) is 9.59 Å². The Hall–Kier alpha value is -3.61. The fraction of sp³-hybridized carbons (Fsp3) is 0.105. The first kappa shape index (κ1) is 17.2. The molecule has 0 saturated carbocycles. The molecule has 132 valence electrons. The number of nitrogen functional groups attached to an aromatic ring is 1. The van der Waals surface area contributed by atoms with Gasteiger partial charge in [0.2, 0.25) is 5.56 Å². The van der Waals surface area contributed by atoms with Crippen LogP contribution in [-0.4, -0.2) is 21.0 Å². The van der Waals surface area contributed by atoms with Crippen molar-refractivity contribution < 1.29 is 9.90 Å². The van der Waals surface area contributed by atoms with Crippen LogP contribution in [0.5, 0.6) is 5.75 Å². The fourth-order valence-corrected chi connectivity index (χ4v) is 2.94. The summed E-state index contributed by atoms with van der Waals surface area (Å²) < 4.78 is 0. The number of aryl methyl sites for hydroxylation is 1. The summed E-state index contributed by atoms with van der Waals surface area (Å²) >= 11 is 0. The third-order valence-electron chi connectivity index (χ3n) is 4.25. The number of pyridine rings is 2. The minimum Gasteiger partial charge on any atom is -0.508 e. The highest BCUT2D eigenvalue weighted by atomic mass is 16.3. The molecule has 6 N–H and O–H groups in total. The molecule has 26 heavy (non-hydrogen) atoms. The molecule has 0 fully saturated rings. The predicted molar refractivity (Wildman–Crippen MR) is 99.8 cm³/mol. The van der Waals surface area contributed by atoms with E-state index in [1.807, 2.05) is 6.92 Å². The number of primary amides is 1. The van der Waals surface area contributed by atoms with Gasteiger partial charge in [0, 0.05) is 11.6 Å². The average Bonchev–Trinajstić information content (AvgIpc) is 2.59. The molecular formula is C19H18N4O3. The smallest absolute Gasteiger partial charge is 0.269 e. The molecule has 0 aliphatic rings. The largest absolute Gasteiger partial charge is 0.508 e. The Labute approximate surface area is 149 Å². The first-order valence-electron chi connectivity index (χ1n) is 7.89. The number of nitrogens with one attached hydrogen (secondary N) is 1. The first-order chi connectivity index (χ1) is 12.3. The van der Waals surface area contributed by atoms with E-state index in [-0.39, 0.29) is 22.7 Å². The Kier molecular flexibility index (Phi) is 4.21. The number of hydrogen-bond donors (Lipinski definition) is 4. The monoisotopic (exact) mass is 350 g/mol. The van der Waals surface area contributed by atoms with E-state index >= 15 is 0 Å². The highest BCUT2D eigenvalue weighted by Gasteiger charge is 2.20. The molecule has 0 radical (unpaired) electrons. The van der Waals surface area contributed by atoms with Crippen LogP contribution in [0, 0.1) is 13.8 Å². The summed E-state index contributed by atoms with van der Waals surface area (Å²) in [6, 6.07) is 9.64. The maximum absolute atomic E-state index is 11.9. The van der Waals surface area contributed by atoms with E-state index in [0.717, 1.165) is 5.56 Å². The molecule has 0 unspecified atom stereocenters. The summed E-state index contributed by atoms with van der Waals surface area (Å²) in [5.41, 5.74) is 14.8. The highest BCUT2D eigenvalue weighted by molar-refractivity contribution is 6.01. The lowest BCUT2D eigenvalue weighted by Gasteiger charge is -2.16. The number of rotatable bonds is 3. The molecule has 2 aromatic heterocycles. The van der Waals surface area contributed by atoms with Gasteiger partial charge in [-0.15, -0.1) is 0 Å². The Balaban J connectivity index is 2.38. The van der Waals surface area contributed by atoms with Crippen molar-refractivity contribution >= 4 is 11.6 Å². The second-order valence-electron chi connectivity index (χ2n) is 6.01. The number of phenolic OH excluding ortho intramolecular Hbond substituents is 1. The minimum absolute atomic E-state index is 0.0932. The van der Waals surface area contributed by atoms with Gasteiger partial charge in [-0.05, 0) is 48.7 Å². The van der Waals surface area contributed by atoms with Crippen molar-refractivity contribution in [2.24, 2.45) is 5.73 Å². The maximum atomic E-state index is 11.9. The number of aromatic hydroxyl groups is 1. The number of phenols is 1. The summed E-state index contributed by atoms with van der Waals surface area (Å²) in [6.45, 7) is 3.63. The normalized spacial score (nSPS) is 10.7. The molecule has 7 nitrogen and oxygen atoms in total. The number of benzene rings is 1. The van der Waals surface area contributed by atoms with Crippen LogP contribution >= 0.6 is 0 Å². The van der Waals surface area contributed by atoms with Crippen molar-refractivity contribution in [1.29, 1.82) is 0 Å². The van der Waals surface area contributed by atoms with Crippen molar-refractivity contribution in [3.8, 4) is 28.3 Å². The van der Waals surface area contributed by atoms with E-state index in [0.29, 0.717) is 28.1 Å². The van der Waals surface area contributed by atoms with E-state index in [9.17, 15) is 14.7 Å². The van der Waals surface area contributed by atoms with Gasteiger partial charge < -0.3 is 21.6 Å². The number of nitrogens with two attached hydrogens (primary N) is 2. The van der Waals surface area contributed by atoms with Crippen LogP contribution in [-0.2, 0) is 0 Å². The van der Waals surface area contributed by atoms with Crippen molar-refractivity contribution in [2.45, 2.75) is 13.8 Å². The lowest BCUT2D eigenvalue weighted by atomic mass is 9.93. The van der Waals surface area contributed by atoms with Crippen LogP contribution in [0.15, 0.2) is 41.2 Å². The Morgan fingerprint density at radius 1 is 1.19 bits per heavy atom. The molecule has 1 aromatic carbocycles. The van der Waals surface area contributed by atoms with Crippen LogP contribution in [0.3, 0.4) is 0 Å². The number of aromatic nitrogens is 2. The van der Waals surface area contributed by atoms with Crippen LogP contribution in [0.1, 0.15) is 21.6 Å². The molecule has 0 saturated heterocycles. The molecule has 1 amide bonds. The fourth-order valence-electron chi connectivity index (χ4n) is 2.94. The summed E-state index contributed by atoms with van der Waals surface area (Å²) in [6.07, 6.45) is 0. The van der Waals surface area contributed by atoms with Crippen LogP contribution in [0.25, 0.3) is 22.5 Å². The lowest BCUT2D eigenvalue weighted by molar-refractivity contribution is 0.0996. The molecule has 3 aromatic rings. The number of carbonyl (C=O) groups excluding carboxylic acids is 1. The zero-order valence-electron chi connectivity index (χ0n) is 14.3. The van der Waals surface area contributed by atoms with Gasteiger partial charge in [-0.1, -0.05) is 12.1 Å². The van der Waals surface area contributed by atoms with Gasteiger partial charge in [0.25, 0.3) is 5.91 Å². The number of H-pyrrole nitrogens is 1. The quantitative estimate of drug-likeness (QED) is 0.574. The Morgan fingerprint density at radius 3 is 2.58 bits per heavy atom. The van der Waals surface area contributed by atoms with Gasteiger partial charge in [0.05, 0.1) is 17.1 Å². The zero-order valence-corrected chi connectivity index (χ0v) is 14.3. The van der Waals surface area contributed by atoms with Gasteiger partial charge in [-0.25, -0.2) is 4.98 Å². The molecule has 0 atom stereocenters. The number of carbonyl (C=O) groups is 1. The Bertz CT molecular complexity index is 1090. The van der Waals surface area contributed by atoms with Gasteiger partial charge >= 0.3 is 0 Å². The summed E-state index contributed by atoms with van der Waals surface area (Å²) in [5.74, 6) is -0.670. The van der Waals surface area contributed by atoms with E-state index in [1.54, 1.807) is 37.3 Å². The topological polar surface area (TPSA) is 135 Å². The summed E-state index contributed by atoms with van der Waals surface area (Å²) in [5, 5.41) is 10.1. The molecule has 0 aliphatic heterocycles. The second kappa shape index (κ2) is 6.36. The van der Waals surface area contributed by atoms with Gasteiger partial charge in [-0.2, -0.15) is 0 Å². The average molecular weight is 350 g/mol. The van der Waals surface area contributed by atoms with Crippen molar-refractivity contribution in [3.63, 3.8) is 0 Å². The van der Waals surface area contributed by atoms with E-state index < -0.39 is 5.91 Å². The first-order valence-corrected chi connectivity index (χ1v) is 7.89. The number of nitrogens with zero attached hydrogens (tertiary/aromatic N) is 1. The van der Waals surface area contributed by atoms with Gasteiger partial charge in [0.1, 0.15) is 5.75 Å². The maximum Gasteiger partial charge on any atom is 0.269 e.